The third-order valence-corrected chi connectivity index (χ3v) is 3.27. The third kappa shape index (κ3) is 3.27. The van der Waals surface area contributed by atoms with Crippen LogP contribution >= 0.6 is 23.0 Å². The Hall–Kier alpha value is 0.530. The maximum atomic E-state index is 9.99. The Balaban J connectivity index is 2.72. The molecule has 1 heterocycles. The van der Waals surface area contributed by atoms with E-state index in [4.69, 9.17) is 12.5 Å². The highest BCUT2D eigenvalue weighted by Gasteiger charge is 2.45. The molecule has 0 aliphatic carbocycles. The predicted octanol–water partition coefficient (Wildman–Crippen LogP) is 0.861. The number of hydrogen-bond donors (Lipinski definition) is 2. The molecule has 5 nitrogen and oxygen atoms in total. The molecule has 5 atom stereocenters. The standard InChI is InChI=1S/C10H19IO5/c1-5(2)4-6-7(12)9(16-11)8(13)10(14-3)15-6/h5-10,12-13H,4H2,1-3H3. The van der Waals surface area contributed by atoms with Crippen molar-refractivity contribution in [3.63, 3.8) is 0 Å². The fraction of sp³-hybridized carbons (Fsp3) is 1.00. The summed E-state index contributed by atoms with van der Waals surface area (Å²) in [6.45, 7) is 4.09. The minimum Gasteiger partial charge on any atom is -0.388 e. The molecule has 0 aromatic rings. The van der Waals surface area contributed by atoms with Gasteiger partial charge in [0.25, 0.3) is 0 Å². The lowest BCUT2D eigenvalue weighted by molar-refractivity contribution is -0.283. The van der Waals surface area contributed by atoms with E-state index in [-0.39, 0.29) is 6.10 Å². The van der Waals surface area contributed by atoms with Gasteiger partial charge in [-0.1, -0.05) is 13.8 Å². The quantitative estimate of drug-likeness (QED) is 0.739. The number of ether oxygens (including phenoxy) is 2. The predicted molar refractivity (Wildman–Crippen MR) is 66.0 cm³/mol. The highest BCUT2D eigenvalue weighted by Crippen LogP contribution is 2.28. The van der Waals surface area contributed by atoms with Crippen LogP contribution < -0.4 is 0 Å². The summed E-state index contributed by atoms with van der Waals surface area (Å²) in [7, 11) is 1.46. The van der Waals surface area contributed by atoms with E-state index in [1.807, 2.05) is 13.8 Å². The van der Waals surface area contributed by atoms with E-state index in [1.165, 1.54) is 7.11 Å². The molecule has 0 amide bonds. The summed E-state index contributed by atoms with van der Waals surface area (Å²) >= 11 is 1.68. The van der Waals surface area contributed by atoms with Crippen molar-refractivity contribution in [2.45, 2.75) is 51.0 Å². The molecule has 1 aliphatic heterocycles. The van der Waals surface area contributed by atoms with Gasteiger partial charge in [0.15, 0.2) is 6.29 Å². The Kier molecular flexibility index (Phi) is 5.89. The Bertz CT molecular complexity index is 213. The van der Waals surface area contributed by atoms with Gasteiger partial charge in [0.1, 0.15) is 41.3 Å². The van der Waals surface area contributed by atoms with Crippen LogP contribution in [0.25, 0.3) is 0 Å². The lowest BCUT2D eigenvalue weighted by Gasteiger charge is -2.41. The van der Waals surface area contributed by atoms with Crippen LogP contribution in [-0.2, 0) is 12.5 Å². The van der Waals surface area contributed by atoms with Crippen molar-refractivity contribution in [2.75, 3.05) is 7.11 Å². The zero-order chi connectivity index (χ0) is 12.3. The number of halogens is 1. The first-order chi connectivity index (χ1) is 7.51. The summed E-state index contributed by atoms with van der Waals surface area (Å²) in [5.74, 6) is 0.391. The van der Waals surface area contributed by atoms with Crippen LogP contribution in [0.3, 0.4) is 0 Å². The maximum Gasteiger partial charge on any atom is 0.186 e. The summed E-state index contributed by atoms with van der Waals surface area (Å²) < 4.78 is 15.6. The highest BCUT2D eigenvalue weighted by molar-refractivity contribution is 14.1. The van der Waals surface area contributed by atoms with Crippen LogP contribution in [0.2, 0.25) is 0 Å². The van der Waals surface area contributed by atoms with E-state index in [2.05, 4.69) is 0 Å². The molecule has 0 bridgehead atoms. The summed E-state index contributed by atoms with van der Waals surface area (Å²) in [5.41, 5.74) is 0. The Morgan fingerprint density at radius 2 is 1.94 bits per heavy atom. The van der Waals surface area contributed by atoms with Gasteiger partial charge in [0, 0.05) is 7.11 Å². The van der Waals surface area contributed by atoms with Gasteiger partial charge in [0.05, 0.1) is 6.10 Å². The van der Waals surface area contributed by atoms with Gasteiger partial charge in [-0.25, -0.2) is 0 Å². The van der Waals surface area contributed by atoms with Crippen LogP contribution in [0.1, 0.15) is 20.3 Å². The molecular formula is C10H19IO5. The molecule has 0 saturated carbocycles. The summed E-state index contributed by atoms with van der Waals surface area (Å²) in [4.78, 5) is 0. The smallest absolute Gasteiger partial charge is 0.186 e. The second-order valence-corrected chi connectivity index (χ2v) is 4.95. The molecule has 1 aliphatic rings. The third-order valence-electron chi connectivity index (χ3n) is 2.68. The molecule has 2 N–H and O–H groups in total. The molecule has 0 radical (unpaired) electrons. The van der Waals surface area contributed by atoms with Crippen LogP contribution in [0.5, 0.6) is 0 Å². The van der Waals surface area contributed by atoms with Crippen molar-refractivity contribution in [3.8, 4) is 0 Å². The van der Waals surface area contributed by atoms with Crippen LogP contribution in [0, 0.1) is 5.92 Å². The summed E-state index contributed by atoms with van der Waals surface area (Å²) in [6.07, 6.45) is -2.89. The average Bonchev–Trinajstić information content (AvgIpc) is 2.22. The van der Waals surface area contributed by atoms with E-state index in [0.29, 0.717) is 12.3 Å². The van der Waals surface area contributed by atoms with Crippen molar-refractivity contribution < 1.29 is 22.8 Å². The van der Waals surface area contributed by atoms with Gasteiger partial charge in [-0.3, -0.25) is 0 Å². The fourth-order valence-electron chi connectivity index (χ4n) is 1.86. The zero-order valence-corrected chi connectivity index (χ0v) is 11.8. The second kappa shape index (κ2) is 6.46. The number of aliphatic hydroxyl groups excluding tert-OH is 2. The maximum absolute atomic E-state index is 9.99. The number of aliphatic hydroxyl groups is 2. The number of methoxy groups -OCH3 is 1. The largest absolute Gasteiger partial charge is 0.388 e. The van der Waals surface area contributed by atoms with Gasteiger partial charge in [-0.2, -0.15) is 0 Å². The number of rotatable bonds is 4. The monoisotopic (exact) mass is 346 g/mol. The van der Waals surface area contributed by atoms with Gasteiger partial charge in [-0.05, 0) is 12.3 Å². The average molecular weight is 346 g/mol. The molecule has 1 saturated heterocycles. The first kappa shape index (κ1) is 14.6. The molecule has 1 rings (SSSR count). The van der Waals surface area contributed by atoms with Gasteiger partial charge in [0.2, 0.25) is 0 Å². The molecule has 0 aromatic carbocycles. The lowest BCUT2D eigenvalue weighted by Crippen LogP contribution is -2.58. The van der Waals surface area contributed by atoms with Gasteiger partial charge < -0.3 is 22.8 Å². The fourth-order valence-corrected chi connectivity index (χ4v) is 2.46. The Morgan fingerprint density at radius 1 is 1.31 bits per heavy atom. The van der Waals surface area contributed by atoms with Gasteiger partial charge in [-0.15, -0.1) is 0 Å². The van der Waals surface area contributed by atoms with Crippen molar-refractivity contribution in [1.82, 2.24) is 0 Å². The molecule has 0 spiro atoms. The molecule has 6 heteroatoms. The topological polar surface area (TPSA) is 68.2 Å². The first-order valence-electron chi connectivity index (χ1n) is 5.33. The van der Waals surface area contributed by atoms with E-state index in [1.54, 1.807) is 23.0 Å². The minimum absolute atomic E-state index is 0.367. The van der Waals surface area contributed by atoms with Crippen molar-refractivity contribution >= 4 is 23.0 Å². The first-order valence-corrected chi connectivity index (χ1v) is 6.21. The van der Waals surface area contributed by atoms with E-state index in [9.17, 15) is 10.2 Å². The lowest BCUT2D eigenvalue weighted by atomic mass is 9.93. The molecule has 1 fully saturated rings. The zero-order valence-electron chi connectivity index (χ0n) is 9.67. The SMILES string of the molecule is COC1OC(CC(C)C)C(O)C(OI)C1O. The van der Waals surface area contributed by atoms with Crippen LogP contribution in [-0.4, -0.2) is 48.0 Å². The van der Waals surface area contributed by atoms with E-state index < -0.39 is 24.6 Å². The second-order valence-electron chi connectivity index (χ2n) is 4.44. The van der Waals surface area contributed by atoms with Crippen molar-refractivity contribution in [1.29, 1.82) is 0 Å². The minimum atomic E-state index is -0.972. The highest BCUT2D eigenvalue weighted by atomic mass is 127. The van der Waals surface area contributed by atoms with Crippen LogP contribution in [0.15, 0.2) is 0 Å². The van der Waals surface area contributed by atoms with E-state index in [0.717, 1.165) is 0 Å². The van der Waals surface area contributed by atoms with Crippen LogP contribution in [0.4, 0.5) is 0 Å². The molecule has 16 heavy (non-hydrogen) atoms. The molecule has 0 aromatic heterocycles. The molecule has 5 unspecified atom stereocenters. The Morgan fingerprint density at radius 3 is 2.38 bits per heavy atom. The van der Waals surface area contributed by atoms with E-state index >= 15 is 0 Å². The number of hydrogen-bond acceptors (Lipinski definition) is 5. The van der Waals surface area contributed by atoms with Crippen molar-refractivity contribution in [2.24, 2.45) is 5.92 Å². The molecule has 96 valence electrons. The Labute approximate surface area is 110 Å². The summed E-state index contributed by atoms with van der Waals surface area (Å²) in [6, 6.07) is 0. The van der Waals surface area contributed by atoms with Crippen molar-refractivity contribution in [3.05, 3.63) is 0 Å². The van der Waals surface area contributed by atoms with Gasteiger partial charge >= 0.3 is 0 Å². The summed E-state index contributed by atoms with van der Waals surface area (Å²) in [5, 5.41) is 19.8. The normalized spacial score (nSPS) is 40.3. The molecular weight excluding hydrogens is 327 g/mol.